The van der Waals surface area contributed by atoms with Crippen LogP contribution in [0.15, 0.2) is 0 Å². The molecule has 0 amide bonds. The van der Waals surface area contributed by atoms with Gasteiger partial charge < -0.3 is 5.32 Å². The van der Waals surface area contributed by atoms with Crippen molar-refractivity contribution in [3.05, 3.63) is 6.92 Å². The lowest BCUT2D eigenvalue weighted by molar-refractivity contribution is 0.285. The maximum absolute atomic E-state index is 4.05. The Hall–Kier alpha value is -0.0400. The first-order chi connectivity index (χ1) is 11.6. The highest BCUT2D eigenvalue weighted by atomic mass is 15.0. The van der Waals surface area contributed by atoms with Crippen LogP contribution < -0.4 is 5.32 Å². The summed E-state index contributed by atoms with van der Waals surface area (Å²) in [5.74, 6) is 0. The SMILES string of the molecule is [CH2]CCC(C)(C)NC(CCCCCCCC)CCCCCCCC. The van der Waals surface area contributed by atoms with E-state index in [0.717, 1.165) is 6.42 Å². The molecule has 1 nitrogen and oxygen atoms in total. The van der Waals surface area contributed by atoms with Crippen molar-refractivity contribution >= 4 is 0 Å². The third-order valence-corrected chi connectivity index (χ3v) is 5.21. The summed E-state index contributed by atoms with van der Waals surface area (Å²) in [4.78, 5) is 0. The molecule has 0 aromatic rings. The van der Waals surface area contributed by atoms with Crippen LogP contribution in [-0.2, 0) is 0 Å². The Kier molecular flexibility index (Phi) is 16.4. The molecule has 1 heteroatoms. The van der Waals surface area contributed by atoms with Gasteiger partial charge in [0.1, 0.15) is 0 Å². The van der Waals surface area contributed by atoms with E-state index in [2.05, 4.69) is 39.9 Å². The van der Waals surface area contributed by atoms with Crippen LogP contribution in [0, 0.1) is 6.92 Å². The van der Waals surface area contributed by atoms with Crippen LogP contribution in [0.5, 0.6) is 0 Å². The lowest BCUT2D eigenvalue weighted by Gasteiger charge is -2.32. The van der Waals surface area contributed by atoms with E-state index in [1.54, 1.807) is 0 Å². The molecule has 0 atom stereocenters. The Bertz CT molecular complexity index is 230. The van der Waals surface area contributed by atoms with Gasteiger partial charge in [-0.2, -0.15) is 0 Å². The Balaban J connectivity index is 4.04. The van der Waals surface area contributed by atoms with Crippen LogP contribution in [-0.4, -0.2) is 11.6 Å². The summed E-state index contributed by atoms with van der Waals surface area (Å²) in [7, 11) is 0. The zero-order chi connectivity index (χ0) is 18.1. The second-order valence-corrected chi connectivity index (χ2v) is 8.44. The van der Waals surface area contributed by atoms with Crippen molar-refractivity contribution in [1.29, 1.82) is 0 Å². The summed E-state index contributed by atoms with van der Waals surface area (Å²) < 4.78 is 0. The van der Waals surface area contributed by atoms with Crippen molar-refractivity contribution in [2.45, 2.75) is 142 Å². The van der Waals surface area contributed by atoms with E-state index in [0.29, 0.717) is 6.04 Å². The third-order valence-electron chi connectivity index (χ3n) is 5.21. The molecule has 1 N–H and O–H groups in total. The molecule has 145 valence electrons. The van der Waals surface area contributed by atoms with E-state index >= 15 is 0 Å². The summed E-state index contributed by atoms with van der Waals surface area (Å²) in [5, 5.41) is 3.96. The second-order valence-electron chi connectivity index (χ2n) is 8.44. The molecule has 0 aliphatic heterocycles. The lowest BCUT2D eigenvalue weighted by atomic mass is 9.93. The number of hydrogen-bond acceptors (Lipinski definition) is 1. The topological polar surface area (TPSA) is 12.0 Å². The zero-order valence-corrected chi connectivity index (χ0v) is 17.6. The summed E-state index contributed by atoms with van der Waals surface area (Å²) in [6.45, 7) is 13.3. The van der Waals surface area contributed by atoms with Gasteiger partial charge in [0.15, 0.2) is 0 Å². The van der Waals surface area contributed by atoms with Gasteiger partial charge in [-0.25, -0.2) is 0 Å². The molecule has 0 aliphatic rings. The first-order valence-corrected chi connectivity index (χ1v) is 11.1. The van der Waals surface area contributed by atoms with Crippen LogP contribution in [0.4, 0.5) is 0 Å². The van der Waals surface area contributed by atoms with E-state index in [1.165, 1.54) is 96.3 Å². The number of unbranched alkanes of at least 4 members (excludes halogenated alkanes) is 10. The third kappa shape index (κ3) is 15.5. The Morgan fingerprint density at radius 2 is 1.12 bits per heavy atom. The maximum Gasteiger partial charge on any atom is 0.0127 e. The van der Waals surface area contributed by atoms with E-state index in [1.807, 2.05) is 0 Å². The minimum atomic E-state index is 0.247. The van der Waals surface area contributed by atoms with Gasteiger partial charge in [-0.3, -0.25) is 0 Å². The summed E-state index contributed by atoms with van der Waals surface area (Å²) in [5.41, 5.74) is 0.247. The van der Waals surface area contributed by atoms with E-state index in [-0.39, 0.29) is 5.54 Å². The highest BCUT2D eigenvalue weighted by molar-refractivity contribution is 4.82. The number of hydrogen-bond donors (Lipinski definition) is 1. The van der Waals surface area contributed by atoms with Gasteiger partial charge in [-0.15, -0.1) is 0 Å². The van der Waals surface area contributed by atoms with Crippen molar-refractivity contribution in [2.75, 3.05) is 0 Å². The van der Waals surface area contributed by atoms with Crippen LogP contribution in [0.25, 0.3) is 0 Å². The molecule has 0 saturated carbocycles. The van der Waals surface area contributed by atoms with Gasteiger partial charge in [0, 0.05) is 11.6 Å². The summed E-state index contributed by atoms with van der Waals surface area (Å²) >= 11 is 0. The fourth-order valence-corrected chi connectivity index (χ4v) is 3.70. The molecular formula is C23H48N. The minimum absolute atomic E-state index is 0.247. The molecule has 0 bridgehead atoms. The molecule has 0 rings (SSSR count). The Morgan fingerprint density at radius 3 is 1.54 bits per heavy atom. The fourth-order valence-electron chi connectivity index (χ4n) is 3.70. The highest BCUT2D eigenvalue weighted by Crippen LogP contribution is 2.19. The average molecular weight is 339 g/mol. The highest BCUT2D eigenvalue weighted by Gasteiger charge is 2.20. The lowest BCUT2D eigenvalue weighted by Crippen LogP contribution is -2.45. The van der Waals surface area contributed by atoms with Crippen molar-refractivity contribution in [1.82, 2.24) is 5.32 Å². The number of nitrogens with one attached hydrogen (secondary N) is 1. The molecule has 0 aliphatic carbocycles. The van der Waals surface area contributed by atoms with E-state index in [9.17, 15) is 0 Å². The number of rotatable bonds is 18. The van der Waals surface area contributed by atoms with Gasteiger partial charge >= 0.3 is 0 Å². The quantitative estimate of drug-likeness (QED) is 0.251. The molecule has 24 heavy (non-hydrogen) atoms. The molecule has 1 radical (unpaired) electrons. The second kappa shape index (κ2) is 16.4. The zero-order valence-electron chi connectivity index (χ0n) is 17.6. The van der Waals surface area contributed by atoms with Gasteiger partial charge in [-0.05, 0) is 33.1 Å². The monoisotopic (exact) mass is 338 g/mol. The average Bonchev–Trinajstić information content (AvgIpc) is 2.53. The molecule has 0 fully saturated rings. The largest absolute Gasteiger partial charge is 0.309 e. The predicted octanol–water partition coefficient (Wildman–Crippen LogP) is 7.84. The fraction of sp³-hybridized carbons (Fsp3) is 0.957. The molecular weight excluding hydrogens is 290 g/mol. The van der Waals surface area contributed by atoms with Gasteiger partial charge in [0.25, 0.3) is 0 Å². The van der Waals surface area contributed by atoms with Crippen LogP contribution in [0.1, 0.15) is 130 Å². The normalized spacial score (nSPS) is 12.2. The summed E-state index contributed by atoms with van der Waals surface area (Å²) in [6.07, 6.45) is 21.8. The first-order valence-electron chi connectivity index (χ1n) is 11.1. The first kappa shape index (κ1) is 24.0. The summed E-state index contributed by atoms with van der Waals surface area (Å²) in [6, 6.07) is 0.712. The molecule has 0 aromatic heterocycles. The van der Waals surface area contributed by atoms with Crippen LogP contribution >= 0.6 is 0 Å². The molecule has 0 unspecified atom stereocenters. The van der Waals surface area contributed by atoms with E-state index < -0.39 is 0 Å². The standard InChI is InChI=1S/C23H48N/c1-6-9-11-13-15-17-19-22(24-23(4,5)21-8-3)20-18-16-14-12-10-7-2/h22,24H,3,6-21H2,1-2,4-5H3. The van der Waals surface area contributed by atoms with Crippen molar-refractivity contribution in [3.63, 3.8) is 0 Å². The predicted molar refractivity (Wildman–Crippen MR) is 112 cm³/mol. The van der Waals surface area contributed by atoms with Crippen LogP contribution in [0.2, 0.25) is 0 Å². The molecule has 0 aromatic carbocycles. The van der Waals surface area contributed by atoms with Gasteiger partial charge in [-0.1, -0.05) is 104 Å². The van der Waals surface area contributed by atoms with E-state index in [4.69, 9.17) is 0 Å². The van der Waals surface area contributed by atoms with Crippen molar-refractivity contribution in [3.8, 4) is 0 Å². The molecule has 0 saturated heterocycles. The Labute approximate surface area is 154 Å². The van der Waals surface area contributed by atoms with Gasteiger partial charge in [0.2, 0.25) is 0 Å². The molecule has 0 heterocycles. The smallest absolute Gasteiger partial charge is 0.0127 e. The van der Waals surface area contributed by atoms with Gasteiger partial charge in [0.05, 0.1) is 0 Å². The van der Waals surface area contributed by atoms with Crippen molar-refractivity contribution in [2.24, 2.45) is 0 Å². The maximum atomic E-state index is 4.05. The molecule has 0 spiro atoms. The van der Waals surface area contributed by atoms with Crippen LogP contribution in [0.3, 0.4) is 0 Å². The Morgan fingerprint density at radius 1 is 0.708 bits per heavy atom. The minimum Gasteiger partial charge on any atom is -0.309 e. The van der Waals surface area contributed by atoms with Crippen molar-refractivity contribution < 1.29 is 0 Å².